The van der Waals surface area contributed by atoms with Crippen molar-refractivity contribution in [2.24, 2.45) is 5.73 Å². The Labute approximate surface area is 107 Å². The highest BCUT2D eigenvalue weighted by Gasteiger charge is 1.93. The zero-order valence-electron chi connectivity index (χ0n) is 12.1. The summed E-state index contributed by atoms with van der Waals surface area (Å²) < 4.78 is 0. The summed E-state index contributed by atoms with van der Waals surface area (Å²) in [7, 11) is 0. The van der Waals surface area contributed by atoms with Crippen LogP contribution in [0.25, 0.3) is 6.08 Å². The zero-order valence-corrected chi connectivity index (χ0v) is 12.1. The molecule has 0 heterocycles. The lowest BCUT2D eigenvalue weighted by Crippen LogP contribution is -1.92. The lowest BCUT2D eigenvalue weighted by Gasteiger charge is -2.00. The summed E-state index contributed by atoms with van der Waals surface area (Å²) in [6.45, 7) is 12.0. The third-order valence-corrected chi connectivity index (χ3v) is 1.39. The van der Waals surface area contributed by atoms with Crippen molar-refractivity contribution >= 4 is 17.5 Å². The van der Waals surface area contributed by atoms with Crippen LogP contribution < -0.4 is 17.2 Å². The molecule has 1 aromatic rings. The Kier molecular flexibility index (Phi) is 20.5. The van der Waals surface area contributed by atoms with Crippen molar-refractivity contribution in [3.63, 3.8) is 0 Å². The van der Waals surface area contributed by atoms with Crippen LogP contribution in [0, 0.1) is 0 Å². The van der Waals surface area contributed by atoms with Crippen molar-refractivity contribution in [1.82, 2.24) is 0 Å². The van der Waals surface area contributed by atoms with Crippen LogP contribution in [0.15, 0.2) is 24.4 Å². The maximum Gasteiger partial charge on any atom is 0.0389 e. The average Bonchev–Trinajstić information content (AvgIpc) is 2.41. The van der Waals surface area contributed by atoms with E-state index in [9.17, 15) is 0 Å². The van der Waals surface area contributed by atoms with Crippen LogP contribution in [0.4, 0.5) is 11.4 Å². The van der Waals surface area contributed by atoms with E-state index in [1.807, 2.05) is 41.5 Å². The Hall–Kier alpha value is -1.64. The fourth-order valence-electron chi connectivity index (χ4n) is 0.841. The normalized spacial score (nSPS) is 7.88. The van der Waals surface area contributed by atoms with Gasteiger partial charge in [-0.15, -0.1) is 0 Å². The van der Waals surface area contributed by atoms with E-state index in [0.29, 0.717) is 11.4 Å². The largest absolute Gasteiger partial charge is 0.405 e. The Morgan fingerprint density at radius 2 is 1.35 bits per heavy atom. The highest BCUT2D eigenvalue weighted by Crippen LogP contribution is 2.16. The molecular weight excluding hydrogens is 210 g/mol. The van der Waals surface area contributed by atoms with E-state index in [4.69, 9.17) is 17.2 Å². The van der Waals surface area contributed by atoms with Gasteiger partial charge in [0.15, 0.2) is 0 Å². The summed E-state index contributed by atoms with van der Waals surface area (Å²) in [5, 5.41) is 0. The molecule has 0 aliphatic carbocycles. The van der Waals surface area contributed by atoms with Crippen molar-refractivity contribution in [3.05, 3.63) is 30.0 Å². The molecule has 1 rings (SSSR count). The highest BCUT2D eigenvalue weighted by atomic mass is 14.6. The fraction of sp³-hybridized carbons (Fsp3) is 0.429. The molecule has 0 unspecified atom stereocenters. The van der Waals surface area contributed by atoms with E-state index < -0.39 is 0 Å². The smallest absolute Gasteiger partial charge is 0.0389 e. The van der Waals surface area contributed by atoms with Gasteiger partial charge in [0.05, 0.1) is 0 Å². The monoisotopic (exact) mass is 239 g/mol. The highest BCUT2D eigenvalue weighted by molar-refractivity contribution is 5.68. The van der Waals surface area contributed by atoms with Gasteiger partial charge in [0.1, 0.15) is 0 Å². The van der Waals surface area contributed by atoms with E-state index in [1.165, 1.54) is 6.20 Å². The summed E-state index contributed by atoms with van der Waals surface area (Å²) in [5.74, 6) is 0. The molecule has 0 fully saturated rings. The molecule has 3 nitrogen and oxygen atoms in total. The summed E-state index contributed by atoms with van der Waals surface area (Å²) in [4.78, 5) is 0. The molecule has 0 spiro atoms. The molecule has 3 heteroatoms. The van der Waals surface area contributed by atoms with Gasteiger partial charge in [-0.25, -0.2) is 0 Å². The van der Waals surface area contributed by atoms with Gasteiger partial charge in [-0.1, -0.05) is 41.5 Å². The van der Waals surface area contributed by atoms with Gasteiger partial charge < -0.3 is 17.2 Å². The molecule has 6 N–H and O–H groups in total. The molecule has 0 aromatic heterocycles. The van der Waals surface area contributed by atoms with Crippen LogP contribution in [-0.4, -0.2) is 0 Å². The second-order valence-corrected chi connectivity index (χ2v) is 2.25. The van der Waals surface area contributed by atoms with E-state index in [0.717, 1.165) is 5.56 Å². The van der Waals surface area contributed by atoms with Crippen LogP contribution in [0.3, 0.4) is 0 Å². The number of hydrogen-bond donors (Lipinski definition) is 3. The van der Waals surface area contributed by atoms with Gasteiger partial charge in [0, 0.05) is 16.9 Å². The van der Waals surface area contributed by atoms with Crippen LogP contribution in [0.2, 0.25) is 0 Å². The number of benzene rings is 1. The first-order valence-corrected chi connectivity index (χ1v) is 6.27. The van der Waals surface area contributed by atoms with Crippen LogP contribution in [-0.2, 0) is 0 Å². The van der Waals surface area contributed by atoms with Crippen molar-refractivity contribution in [3.8, 4) is 0 Å². The molecule has 0 aliphatic rings. The Morgan fingerprint density at radius 3 is 1.76 bits per heavy atom. The van der Waals surface area contributed by atoms with Crippen molar-refractivity contribution in [2.45, 2.75) is 41.5 Å². The second kappa shape index (κ2) is 16.8. The third kappa shape index (κ3) is 10.6. The lowest BCUT2D eigenvalue weighted by atomic mass is 10.1. The number of nitrogen functional groups attached to an aromatic ring is 2. The van der Waals surface area contributed by atoms with Crippen LogP contribution >= 0.6 is 0 Å². The summed E-state index contributed by atoms with van der Waals surface area (Å²) >= 11 is 0. The molecule has 0 saturated heterocycles. The number of hydrogen-bond acceptors (Lipinski definition) is 3. The van der Waals surface area contributed by atoms with Gasteiger partial charge >= 0.3 is 0 Å². The number of anilines is 2. The predicted octanol–water partition coefficient (Wildman–Crippen LogP) is 3.86. The molecule has 0 bridgehead atoms. The summed E-state index contributed by atoms with van der Waals surface area (Å²) in [6.07, 6.45) is 3.15. The summed E-state index contributed by atoms with van der Waals surface area (Å²) in [6, 6.07) is 5.28. The maximum absolute atomic E-state index is 5.61. The van der Waals surface area contributed by atoms with Gasteiger partial charge in [0.25, 0.3) is 0 Å². The Bertz CT molecular complexity index is 281. The minimum Gasteiger partial charge on any atom is -0.405 e. The quantitative estimate of drug-likeness (QED) is 0.651. The first-order valence-electron chi connectivity index (χ1n) is 6.27. The first-order chi connectivity index (χ1) is 8.24. The number of nitrogens with two attached hydrogens (primary N) is 3. The molecule has 17 heavy (non-hydrogen) atoms. The second-order valence-electron chi connectivity index (χ2n) is 2.25. The maximum atomic E-state index is 5.61. The molecule has 0 radical (unpaired) electrons. The van der Waals surface area contributed by atoms with Crippen molar-refractivity contribution in [2.75, 3.05) is 11.5 Å². The Balaban J connectivity index is -0.000000285. The average molecular weight is 239 g/mol. The minimum absolute atomic E-state index is 0.681. The minimum atomic E-state index is 0.681. The van der Waals surface area contributed by atoms with Crippen LogP contribution in [0.5, 0.6) is 0 Å². The SMILES string of the molecule is CC.CC.CC.N/C=C\c1cc(N)ccc1N. The van der Waals surface area contributed by atoms with Gasteiger partial charge in [-0.3, -0.25) is 0 Å². The Morgan fingerprint density at radius 1 is 0.882 bits per heavy atom. The van der Waals surface area contributed by atoms with Crippen LogP contribution in [0.1, 0.15) is 47.1 Å². The van der Waals surface area contributed by atoms with E-state index in [1.54, 1.807) is 24.3 Å². The predicted molar refractivity (Wildman–Crippen MR) is 82.5 cm³/mol. The topological polar surface area (TPSA) is 78.1 Å². The third-order valence-electron chi connectivity index (χ3n) is 1.39. The molecule has 0 saturated carbocycles. The first kappa shape index (κ1) is 20.7. The summed E-state index contributed by atoms with van der Waals surface area (Å²) in [5.41, 5.74) is 18.6. The number of rotatable bonds is 1. The van der Waals surface area contributed by atoms with Crippen molar-refractivity contribution < 1.29 is 0 Å². The molecule has 1 aromatic carbocycles. The zero-order chi connectivity index (χ0) is 14.3. The molecule has 0 atom stereocenters. The van der Waals surface area contributed by atoms with E-state index >= 15 is 0 Å². The standard InChI is InChI=1S/C8H11N3.3C2H6/c9-4-3-6-5-7(10)1-2-8(6)11;3*1-2/h1-5H,9-11H2;3*1-2H3/b4-3-;;;. The molecule has 0 amide bonds. The fourth-order valence-corrected chi connectivity index (χ4v) is 0.841. The van der Waals surface area contributed by atoms with Gasteiger partial charge in [-0.2, -0.15) is 0 Å². The van der Waals surface area contributed by atoms with Crippen molar-refractivity contribution in [1.29, 1.82) is 0 Å². The van der Waals surface area contributed by atoms with E-state index in [-0.39, 0.29) is 0 Å². The molecule has 100 valence electrons. The van der Waals surface area contributed by atoms with E-state index in [2.05, 4.69) is 0 Å². The molecule has 0 aliphatic heterocycles. The van der Waals surface area contributed by atoms with Gasteiger partial charge in [-0.05, 0) is 30.5 Å². The molecular formula is C14H29N3. The lowest BCUT2D eigenvalue weighted by molar-refractivity contribution is 1.50. The van der Waals surface area contributed by atoms with Gasteiger partial charge in [0.2, 0.25) is 0 Å².